The minimum Gasteiger partial charge on any atom is -0.352 e. The van der Waals surface area contributed by atoms with Crippen LogP contribution in [-0.2, 0) is 16.6 Å². The van der Waals surface area contributed by atoms with Crippen LogP contribution in [0.3, 0.4) is 0 Å². The number of hydrogen-bond donors (Lipinski definition) is 1. The number of benzene rings is 3. The summed E-state index contributed by atoms with van der Waals surface area (Å²) in [4.78, 5) is 46.7. The van der Waals surface area contributed by atoms with Gasteiger partial charge >= 0.3 is 0 Å². The predicted octanol–water partition coefficient (Wildman–Crippen LogP) is 7.26. The Morgan fingerprint density at radius 3 is 2.48 bits per heavy atom. The standard InChI is InChI=1S/C36H32N2O3S/c1-4-8-23-13-15-24(16-14-23)33(39)31-32(34(40)29-11-7-18-42-29)38-28-17-12-21(2)19-25(28)22(3)20-30(38)36(31)26-9-5-6-10-27(26)37-35(36)41/h5-7,9-20,30-32H,4,8H2,1-3H3,(H,37,41)/t30-,31+,32-,36-/m1/s1. The number of allylic oxidation sites excluding steroid dienone is 1. The molecule has 4 aromatic rings. The van der Waals surface area contributed by atoms with E-state index in [0.29, 0.717) is 16.1 Å². The summed E-state index contributed by atoms with van der Waals surface area (Å²) in [6.07, 6.45) is 4.04. The zero-order chi connectivity index (χ0) is 29.2. The van der Waals surface area contributed by atoms with Crippen LogP contribution >= 0.6 is 11.3 Å². The number of Topliss-reactive ketones (excluding diaryl/α,β-unsaturated/α-hetero) is 2. The molecule has 1 spiro atoms. The number of fused-ring (bicyclic) bond motifs is 6. The van der Waals surface area contributed by atoms with Gasteiger partial charge in [-0.3, -0.25) is 14.4 Å². The lowest BCUT2D eigenvalue weighted by atomic mass is 9.64. The molecule has 4 heterocycles. The van der Waals surface area contributed by atoms with Gasteiger partial charge < -0.3 is 10.2 Å². The van der Waals surface area contributed by atoms with Gasteiger partial charge in [-0.1, -0.05) is 79.6 Å². The van der Waals surface area contributed by atoms with Crippen molar-refractivity contribution in [3.8, 4) is 0 Å². The van der Waals surface area contributed by atoms with E-state index in [0.717, 1.165) is 46.4 Å². The van der Waals surface area contributed by atoms with E-state index in [1.54, 1.807) is 0 Å². The maximum atomic E-state index is 14.9. The van der Waals surface area contributed by atoms with E-state index in [1.807, 2.05) is 78.2 Å². The van der Waals surface area contributed by atoms with Crippen molar-refractivity contribution >= 4 is 45.8 Å². The molecule has 3 aliphatic heterocycles. The maximum absolute atomic E-state index is 14.9. The number of anilines is 2. The monoisotopic (exact) mass is 572 g/mol. The molecule has 1 N–H and O–H groups in total. The molecule has 1 amide bonds. The molecule has 3 aromatic carbocycles. The van der Waals surface area contributed by atoms with Gasteiger partial charge in [-0.15, -0.1) is 11.3 Å². The fraction of sp³-hybridized carbons (Fsp3) is 0.250. The third kappa shape index (κ3) is 3.71. The van der Waals surface area contributed by atoms with Gasteiger partial charge in [-0.25, -0.2) is 0 Å². The second-order valence-electron chi connectivity index (χ2n) is 11.7. The SMILES string of the molecule is CCCc1ccc(C(=O)[C@@H]2[C@H](C(=O)c3cccs3)N3c4ccc(C)cc4C(C)=C[C@@H]3[C@@]23C(=O)Nc2ccccc23)cc1. The number of carbonyl (C=O) groups excluding carboxylic acids is 3. The van der Waals surface area contributed by atoms with E-state index < -0.39 is 23.4 Å². The van der Waals surface area contributed by atoms with Gasteiger partial charge in [-0.2, -0.15) is 0 Å². The van der Waals surface area contributed by atoms with Crippen molar-refractivity contribution in [1.82, 2.24) is 0 Å². The van der Waals surface area contributed by atoms with Crippen molar-refractivity contribution in [3.63, 3.8) is 0 Å². The number of rotatable bonds is 6. The number of carbonyl (C=O) groups is 3. The lowest BCUT2D eigenvalue weighted by Gasteiger charge is -2.39. The highest BCUT2D eigenvalue weighted by Gasteiger charge is 2.70. The van der Waals surface area contributed by atoms with Crippen molar-refractivity contribution < 1.29 is 14.4 Å². The van der Waals surface area contributed by atoms with Gasteiger partial charge in [0.25, 0.3) is 0 Å². The summed E-state index contributed by atoms with van der Waals surface area (Å²) in [5.41, 5.74) is 5.90. The van der Waals surface area contributed by atoms with Crippen molar-refractivity contribution in [2.24, 2.45) is 5.92 Å². The van der Waals surface area contributed by atoms with Crippen LogP contribution in [0.25, 0.3) is 5.57 Å². The summed E-state index contributed by atoms with van der Waals surface area (Å²) in [5.74, 6) is -1.51. The predicted molar refractivity (Wildman–Crippen MR) is 169 cm³/mol. The molecule has 4 atom stereocenters. The van der Waals surface area contributed by atoms with E-state index in [9.17, 15) is 14.4 Å². The Labute approximate surface area is 249 Å². The third-order valence-electron chi connectivity index (χ3n) is 9.22. The highest BCUT2D eigenvalue weighted by atomic mass is 32.1. The summed E-state index contributed by atoms with van der Waals surface area (Å²) in [7, 11) is 0. The smallest absolute Gasteiger partial charge is 0.238 e. The number of amides is 1. The van der Waals surface area contributed by atoms with Crippen LogP contribution in [0.5, 0.6) is 0 Å². The van der Waals surface area contributed by atoms with Crippen LogP contribution in [0.1, 0.15) is 62.6 Å². The number of aryl methyl sites for hydroxylation is 2. The first-order valence-electron chi connectivity index (χ1n) is 14.6. The summed E-state index contributed by atoms with van der Waals surface area (Å²) < 4.78 is 0. The summed E-state index contributed by atoms with van der Waals surface area (Å²) in [6.45, 7) is 6.23. The second kappa shape index (κ2) is 9.92. The fourth-order valence-electron chi connectivity index (χ4n) is 7.41. The first kappa shape index (κ1) is 26.6. The highest BCUT2D eigenvalue weighted by Crippen LogP contribution is 2.59. The van der Waals surface area contributed by atoms with Crippen LogP contribution < -0.4 is 10.2 Å². The molecular formula is C36H32N2O3S. The maximum Gasteiger partial charge on any atom is 0.238 e. The highest BCUT2D eigenvalue weighted by molar-refractivity contribution is 7.12. The molecule has 1 aromatic heterocycles. The van der Waals surface area contributed by atoms with Gasteiger partial charge in [-0.05, 0) is 66.6 Å². The molecule has 0 saturated carbocycles. The minimum atomic E-state index is -1.29. The number of ketones is 2. The fourth-order valence-corrected chi connectivity index (χ4v) is 8.11. The molecular weight excluding hydrogens is 540 g/mol. The van der Waals surface area contributed by atoms with Crippen LogP contribution in [-0.4, -0.2) is 29.6 Å². The largest absolute Gasteiger partial charge is 0.352 e. The minimum absolute atomic E-state index is 0.135. The van der Waals surface area contributed by atoms with E-state index in [1.165, 1.54) is 11.3 Å². The number of para-hydroxylation sites is 1. The van der Waals surface area contributed by atoms with Crippen LogP contribution in [0.4, 0.5) is 11.4 Å². The Bertz CT molecular complexity index is 1770. The molecule has 5 nitrogen and oxygen atoms in total. The van der Waals surface area contributed by atoms with E-state index in [2.05, 4.69) is 43.1 Å². The van der Waals surface area contributed by atoms with Gasteiger partial charge in [0.1, 0.15) is 11.5 Å². The average molecular weight is 573 g/mol. The van der Waals surface area contributed by atoms with Gasteiger partial charge in [0.2, 0.25) is 5.91 Å². The van der Waals surface area contributed by atoms with E-state index in [4.69, 9.17) is 0 Å². The lowest BCUT2D eigenvalue weighted by Crippen LogP contribution is -2.51. The van der Waals surface area contributed by atoms with E-state index >= 15 is 0 Å². The first-order valence-corrected chi connectivity index (χ1v) is 15.4. The zero-order valence-electron chi connectivity index (χ0n) is 23.9. The number of hydrogen-bond acceptors (Lipinski definition) is 5. The van der Waals surface area contributed by atoms with Crippen molar-refractivity contribution in [3.05, 3.63) is 123 Å². The molecule has 42 heavy (non-hydrogen) atoms. The Hall–Kier alpha value is -4.29. The molecule has 1 fully saturated rings. The van der Waals surface area contributed by atoms with Crippen LogP contribution in [0.15, 0.2) is 90.3 Å². The summed E-state index contributed by atoms with van der Waals surface area (Å²) >= 11 is 1.37. The van der Waals surface area contributed by atoms with Gasteiger partial charge in [0, 0.05) is 22.5 Å². The molecule has 7 rings (SSSR count). The number of thiophene rings is 1. The molecule has 0 bridgehead atoms. The molecule has 210 valence electrons. The molecule has 1 saturated heterocycles. The Balaban J connectivity index is 1.52. The average Bonchev–Trinajstić information content (AvgIpc) is 3.70. The molecule has 3 aliphatic rings. The molecule has 0 aliphatic carbocycles. The normalized spacial score (nSPS) is 23.7. The van der Waals surface area contributed by atoms with E-state index in [-0.39, 0.29) is 17.5 Å². The molecule has 0 radical (unpaired) electrons. The number of nitrogens with one attached hydrogen (secondary N) is 1. The number of nitrogens with zero attached hydrogens (tertiary/aromatic N) is 1. The Morgan fingerprint density at radius 2 is 1.74 bits per heavy atom. The van der Waals surface area contributed by atoms with Crippen LogP contribution in [0.2, 0.25) is 0 Å². The zero-order valence-corrected chi connectivity index (χ0v) is 24.7. The van der Waals surface area contributed by atoms with Crippen molar-refractivity contribution in [2.75, 3.05) is 10.2 Å². The Kier molecular flexibility index (Phi) is 6.28. The summed E-state index contributed by atoms with van der Waals surface area (Å²) in [6, 6.07) is 23.8. The van der Waals surface area contributed by atoms with Gasteiger partial charge in [0.15, 0.2) is 11.6 Å². The van der Waals surface area contributed by atoms with Crippen LogP contribution in [0, 0.1) is 12.8 Å². The molecule has 0 unspecified atom stereocenters. The van der Waals surface area contributed by atoms with Gasteiger partial charge in [0.05, 0.1) is 16.8 Å². The summed E-state index contributed by atoms with van der Waals surface area (Å²) in [5, 5.41) is 4.99. The third-order valence-corrected chi connectivity index (χ3v) is 10.1. The Morgan fingerprint density at radius 1 is 0.952 bits per heavy atom. The first-order chi connectivity index (χ1) is 20.4. The lowest BCUT2D eigenvalue weighted by molar-refractivity contribution is -0.121. The quantitative estimate of drug-likeness (QED) is 0.247. The van der Waals surface area contributed by atoms with Crippen molar-refractivity contribution in [2.45, 2.75) is 51.1 Å². The second-order valence-corrected chi connectivity index (χ2v) is 12.6. The molecule has 6 heteroatoms. The van der Waals surface area contributed by atoms with Crippen molar-refractivity contribution in [1.29, 1.82) is 0 Å². The topological polar surface area (TPSA) is 66.5 Å².